The summed E-state index contributed by atoms with van der Waals surface area (Å²) in [5.41, 5.74) is 4.20. The second kappa shape index (κ2) is 10.9. The van der Waals surface area contributed by atoms with Gasteiger partial charge in [0.1, 0.15) is 5.75 Å². The molecule has 0 saturated heterocycles. The molecule has 1 rings (SSSR count). The second-order valence-corrected chi connectivity index (χ2v) is 7.28. The normalized spacial score (nSPS) is 13.6. The Hall–Kier alpha value is -1.31. The molecule has 0 heterocycles. The van der Waals surface area contributed by atoms with E-state index < -0.39 is 30.5 Å². The summed E-state index contributed by atoms with van der Waals surface area (Å²) in [6, 6.07) is 3.98. The van der Waals surface area contributed by atoms with Gasteiger partial charge in [0.05, 0.1) is 30.4 Å². The maximum atomic E-state index is 13.5. The van der Waals surface area contributed by atoms with Crippen LogP contribution in [-0.2, 0) is 12.6 Å². The second-order valence-electron chi connectivity index (χ2n) is 7.28. The van der Waals surface area contributed by atoms with Crippen LogP contribution in [0.15, 0.2) is 18.2 Å². The first-order valence-electron chi connectivity index (χ1n) is 9.52. The number of halogens is 3. The number of aliphatic hydroxyl groups is 2. The lowest BCUT2D eigenvalue weighted by molar-refractivity contribution is -0.139. The first-order valence-corrected chi connectivity index (χ1v) is 9.52. The summed E-state index contributed by atoms with van der Waals surface area (Å²) in [4.78, 5) is 0. The molecule has 1 aromatic carbocycles. The van der Waals surface area contributed by atoms with Crippen molar-refractivity contribution in [3.8, 4) is 5.75 Å². The molecule has 1 aromatic rings. The molecule has 0 radical (unpaired) electrons. The zero-order valence-electron chi connectivity index (χ0n) is 16.2. The molecule has 0 spiro atoms. The van der Waals surface area contributed by atoms with Crippen LogP contribution in [-0.4, -0.2) is 35.1 Å². The fourth-order valence-corrected chi connectivity index (χ4v) is 2.79. The van der Waals surface area contributed by atoms with Crippen molar-refractivity contribution in [3.05, 3.63) is 29.3 Å². The zero-order chi connectivity index (χ0) is 20.5. The highest BCUT2D eigenvalue weighted by Crippen LogP contribution is 2.38. The van der Waals surface area contributed by atoms with E-state index in [4.69, 9.17) is 10.5 Å². The maximum Gasteiger partial charge on any atom is 0.419 e. The van der Waals surface area contributed by atoms with Crippen LogP contribution in [0.4, 0.5) is 13.2 Å². The number of aliphatic hydroxyl groups excluding tert-OH is 2. The summed E-state index contributed by atoms with van der Waals surface area (Å²) in [7, 11) is 0. The highest BCUT2D eigenvalue weighted by atomic mass is 19.4. The van der Waals surface area contributed by atoms with Crippen LogP contribution >= 0.6 is 0 Å². The van der Waals surface area contributed by atoms with Crippen LogP contribution in [0.3, 0.4) is 0 Å². The van der Waals surface area contributed by atoms with Crippen LogP contribution in [0.5, 0.6) is 5.75 Å². The smallest absolute Gasteiger partial charge is 0.419 e. The quantitative estimate of drug-likeness (QED) is 0.470. The van der Waals surface area contributed by atoms with Gasteiger partial charge in [-0.05, 0) is 50.3 Å². The van der Waals surface area contributed by atoms with Crippen molar-refractivity contribution in [2.24, 2.45) is 5.73 Å². The van der Waals surface area contributed by atoms with Crippen molar-refractivity contribution in [1.29, 1.82) is 0 Å². The van der Waals surface area contributed by atoms with Crippen molar-refractivity contribution in [2.45, 2.75) is 76.6 Å². The minimum absolute atomic E-state index is 0.169. The number of ether oxygens (including phenoxy) is 1. The van der Waals surface area contributed by atoms with Gasteiger partial charge in [-0.25, -0.2) is 0 Å². The Bertz CT molecular complexity index is 560. The Morgan fingerprint density at radius 3 is 2.33 bits per heavy atom. The zero-order valence-corrected chi connectivity index (χ0v) is 16.2. The number of alkyl halides is 3. The lowest BCUT2D eigenvalue weighted by atomic mass is 9.93. The SMILES string of the molecule is CCCCCCC(C)Oc1ccc(CCC(N)(CO)CO)cc1C(F)(F)F. The van der Waals surface area contributed by atoms with E-state index in [1.165, 1.54) is 6.07 Å². The van der Waals surface area contributed by atoms with Gasteiger partial charge in [-0.3, -0.25) is 0 Å². The molecule has 27 heavy (non-hydrogen) atoms. The number of unbranched alkanes of at least 4 members (excludes halogenated alkanes) is 3. The van der Waals surface area contributed by atoms with Crippen molar-refractivity contribution >= 4 is 0 Å². The van der Waals surface area contributed by atoms with E-state index in [1.54, 1.807) is 13.0 Å². The summed E-state index contributed by atoms with van der Waals surface area (Å²) in [6.07, 6.45) is 0.461. The first-order chi connectivity index (χ1) is 12.6. The molecule has 1 atom stereocenters. The summed E-state index contributed by atoms with van der Waals surface area (Å²) in [6.45, 7) is 3.01. The highest BCUT2D eigenvalue weighted by Gasteiger charge is 2.35. The van der Waals surface area contributed by atoms with Crippen molar-refractivity contribution < 1.29 is 28.1 Å². The molecule has 0 amide bonds. The molecular weight excluding hydrogens is 359 g/mol. The van der Waals surface area contributed by atoms with Crippen LogP contribution in [0, 0.1) is 0 Å². The van der Waals surface area contributed by atoms with Crippen molar-refractivity contribution in [1.82, 2.24) is 0 Å². The number of benzene rings is 1. The lowest BCUT2D eigenvalue weighted by Crippen LogP contribution is -2.47. The lowest BCUT2D eigenvalue weighted by Gasteiger charge is -2.25. The first kappa shape index (κ1) is 23.7. The minimum Gasteiger partial charge on any atom is -0.490 e. The van der Waals surface area contributed by atoms with Gasteiger partial charge in [0.15, 0.2) is 0 Å². The predicted octanol–water partition coefficient (Wildman–Crippen LogP) is 4.06. The van der Waals surface area contributed by atoms with E-state index in [0.717, 1.165) is 31.7 Å². The maximum absolute atomic E-state index is 13.5. The van der Waals surface area contributed by atoms with E-state index in [-0.39, 0.29) is 24.7 Å². The third kappa shape index (κ3) is 8.07. The molecule has 0 bridgehead atoms. The third-order valence-corrected chi connectivity index (χ3v) is 4.68. The van der Waals surface area contributed by atoms with E-state index in [0.29, 0.717) is 12.0 Å². The minimum atomic E-state index is -4.53. The van der Waals surface area contributed by atoms with Gasteiger partial charge in [0.2, 0.25) is 0 Å². The van der Waals surface area contributed by atoms with Crippen molar-refractivity contribution in [3.63, 3.8) is 0 Å². The van der Waals surface area contributed by atoms with E-state index in [1.807, 2.05) is 0 Å². The van der Waals surface area contributed by atoms with Crippen LogP contribution in [0.2, 0.25) is 0 Å². The van der Waals surface area contributed by atoms with Gasteiger partial charge in [0.25, 0.3) is 0 Å². The molecule has 156 valence electrons. The van der Waals surface area contributed by atoms with E-state index in [2.05, 4.69) is 6.92 Å². The molecular formula is C20H32F3NO3. The van der Waals surface area contributed by atoms with Gasteiger partial charge in [-0.15, -0.1) is 0 Å². The van der Waals surface area contributed by atoms with Gasteiger partial charge in [-0.1, -0.05) is 32.3 Å². The average Bonchev–Trinajstić information content (AvgIpc) is 2.63. The Labute approximate surface area is 159 Å². The average molecular weight is 391 g/mol. The Balaban J connectivity index is 2.84. The van der Waals surface area contributed by atoms with Gasteiger partial charge < -0.3 is 20.7 Å². The van der Waals surface area contributed by atoms with E-state index in [9.17, 15) is 23.4 Å². The molecule has 4 nitrogen and oxygen atoms in total. The van der Waals surface area contributed by atoms with Crippen LogP contribution < -0.4 is 10.5 Å². The van der Waals surface area contributed by atoms with Crippen molar-refractivity contribution in [2.75, 3.05) is 13.2 Å². The topological polar surface area (TPSA) is 75.7 Å². The highest BCUT2D eigenvalue weighted by molar-refractivity contribution is 5.39. The van der Waals surface area contributed by atoms with Crippen LogP contribution in [0.25, 0.3) is 0 Å². The summed E-state index contributed by atoms with van der Waals surface area (Å²) in [5, 5.41) is 18.4. The summed E-state index contributed by atoms with van der Waals surface area (Å²) >= 11 is 0. The summed E-state index contributed by atoms with van der Waals surface area (Å²) < 4.78 is 45.9. The number of nitrogens with two attached hydrogens (primary N) is 1. The molecule has 0 aromatic heterocycles. The predicted molar refractivity (Wildman–Crippen MR) is 99.7 cm³/mol. The van der Waals surface area contributed by atoms with Gasteiger partial charge in [-0.2, -0.15) is 13.2 Å². The Morgan fingerprint density at radius 1 is 1.11 bits per heavy atom. The van der Waals surface area contributed by atoms with Crippen LogP contribution in [0.1, 0.15) is 63.5 Å². The number of aryl methyl sites for hydroxylation is 1. The van der Waals surface area contributed by atoms with E-state index >= 15 is 0 Å². The standard InChI is InChI=1S/C20H32F3NO3/c1-3-4-5-6-7-15(2)27-18-9-8-16(12-17(18)20(21,22)23)10-11-19(24,13-25)14-26/h8-9,12,15,25-26H,3-7,10-11,13-14,24H2,1-2H3. The Kier molecular flexibility index (Phi) is 9.56. The molecule has 4 N–H and O–H groups in total. The molecule has 0 saturated carbocycles. The number of hydrogen-bond donors (Lipinski definition) is 3. The largest absolute Gasteiger partial charge is 0.490 e. The molecule has 0 fully saturated rings. The third-order valence-electron chi connectivity index (χ3n) is 4.68. The molecule has 0 aliphatic carbocycles. The molecule has 7 heteroatoms. The Morgan fingerprint density at radius 2 is 1.78 bits per heavy atom. The fraction of sp³-hybridized carbons (Fsp3) is 0.700. The van der Waals surface area contributed by atoms with Gasteiger partial charge in [0, 0.05) is 0 Å². The molecule has 0 aliphatic rings. The monoisotopic (exact) mass is 391 g/mol. The number of hydrogen-bond acceptors (Lipinski definition) is 4. The molecule has 0 aliphatic heterocycles. The summed E-state index contributed by atoms with van der Waals surface area (Å²) in [5.74, 6) is -0.169. The molecule has 1 unspecified atom stereocenters. The van der Waals surface area contributed by atoms with Gasteiger partial charge >= 0.3 is 6.18 Å². The fourth-order valence-electron chi connectivity index (χ4n) is 2.79. The number of rotatable bonds is 12.